The zero-order valence-corrected chi connectivity index (χ0v) is 45.4. The second-order valence-corrected chi connectivity index (χ2v) is 22.4. The van der Waals surface area contributed by atoms with Gasteiger partial charge in [0.05, 0.1) is 26.8 Å². The number of nitrogens with one attached hydrogen (secondary N) is 3. The van der Waals surface area contributed by atoms with Crippen molar-refractivity contribution in [2.45, 2.75) is 133 Å². The summed E-state index contributed by atoms with van der Waals surface area (Å²) in [4.78, 5) is 96.4. The molecule has 0 spiro atoms. The molecule has 4 heterocycles. The number of carbonyl (C=O) groups is 7. The number of ether oxygens (including phenoxy) is 5. The molecule has 4 aliphatic heterocycles. The van der Waals surface area contributed by atoms with Crippen LogP contribution in [0.5, 0.6) is 0 Å². The molecule has 2 fully saturated rings. The van der Waals surface area contributed by atoms with Gasteiger partial charge in [0.25, 0.3) is 0 Å². The molecule has 410 valence electrons. The SMILES string of the molecule is COC(=O)C1(NC(=O)[C@@H]2Cc3ccccc3CN2)CCN(C(=O)OC(C)(C)C)CC1.COC(=O)C1(NC(=O)[C@@H]2Cc3ccccc3CN2C(=O)OCC2c3ccccc3-c3ccccc32)CCN(C(=O)OC(C)(C)C)CC1. The minimum atomic E-state index is -1.37. The summed E-state index contributed by atoms with van der Waals surface area (Å²) in [6, 6.07) is 30.6. The maximum Gasteiger partial charge on any atom is 0.410 e. The fourth-order valence-corrected chi connectivity index (χ4v) is 10.9. The van der Waals surface area contributed by atoms with E-state index in [1.807, 2.05) is 93.6 Å². The first kappa shape index (κ1) is 55.8. The van der Waals surface area contributed by atoms with Crippen molar-refractivity contribution in [2.75, 3.05) is 47.0 Å². The number of esters is 2. The van der Waals surface area contributed by atoms with Crippen molar-refractivity contribution in [1.82, 2.24) is 30.7 Å². The zero-order chi connectivity index (χ0) is 55.3. The highest BCUT2D eigenvalue weighted by Gasteiger charge is 2.49. The van der Waals surface area contributed by atoms with Gasteiger partial charge >= 0.3 is 30.2 Å². The molecule has 4 aromatic carbocycles. The lowest BCUT2D eigenvalue weighted by Crippen LogP contribution is -2.64. The first-order valence-electron chi connectivity index (χ1n) is 26.4. The van der Waals surface area contributed by atoms with Crippen molar-refractivity contribution in [3.8, 4) is 11.1 Å². The van der Waals surface area contributed by atoms with Crippen LogP contribution in [0.3, 0.4) is 0 Å². The van der Waals surface area contributed by atoms with Crippen molar-refractivity contribution in [3.05, 3.63) is 130 Å². The summed E-state index contributed by atoms with van der Waals surface area (Å²) in [6.45, 7) is 12.7. The van der Waals surface area contributed by atoms with Crippen LogP contribution in [0.25, 0.3) is 11.1 Å². The highest BCUT2D eigenvalue weighted by atomic mass is 16.6. The van der Waals surface area contributed by atoms with Gasteiger partial charge in [-0.15, -0.1) is 0 Å². The molecule has 2 atom stereocenters. The average Bonchev–Trinajstić information content (AvgIpc) is 3.75. The van der Waals surface area contributed by atoms with Crippen LogP contribution in [-0.4, -0.2) is 138 Å². The minimum Gasteiger partial charge on any atom is -0.467 e. The molecule has 0 radical (unpaired) electrons. The van der Waals surface area contributed by atoms with E-state index in [0.717, 1.165) is 38.9 Å². The lowest BCUT2D eigenvalue weighted by Gasteiger charge is -2.42. The molecule has 5 amide bonds. The van der Waals surface area contributed by atoms with Crippen molar-refractivity contribution in [3.63, 3.8) is 0 Å². The molecule has 0 bridgehead atoms. The Bertz CT molecular complexity index is 2810. The number of hydrogen-bond acceptors (Lipinski definition) is 13. The Kier molecular flexibility index (Phi) is 16.7. The largest absolute Gasteiger partial charge is 0.467 e. The fourth-order valence-electron chi connectivity index (χ4n) is 10.9. The van der Waals surface area contributed by atoms with Crippen LogP contribution in [-0.2, 0) is 68.8 Å². The molecule has 9 rings (SSSR count). The van der Waals surface area contributed by atoms with Crippen LogP contribution in [0, 0.1) is 0 Å². The normalized spacial score (nSPS) is 19.2. The number of fused-ring (bicyclic) bond motifs is 5. The van der Waals surface area contributed by atoms with Gasteiger partial charge in [0.1, 0.15) is 34.9 Å². The molecule has 0 unspecified atom stereocenters. The van der Waals surface area contributed by atoms with E-state index in [-0.39, 0.29) is 70.2 Å². The Labute approximate surface area is 450 Å². The van der Waals surface area contributed by atoms with Crippen LogP contribution >= 0.6 is 0 Å². The summed E-state index contributed by atoms with van der Waals surface area (Å²) in [5, 5.41) is 9.14. The minimum absolute atomic E-state index is 0.117. The van der Waals surface area contributed by atoms with E-state index in [1.54, 1.807) is 25.7 Å². The molecule has 77 heavy (non-hydrogen) atoms. The molecular formula is C59H72N6O12. The van der Waals surface area contributed by atoms with Crippen LogP contribution in [0.1, 0.15) is 107 Å². The summed E-state index contributed by atoms with van der Waals surface area (Å²) in [5.41, 5.74) is 4.84. The monoisotopic (exact) mass is 1060 g/mol. The van der Waals surface area contributed by atoms with Crippen molar-refractivity contribution < 1.29 is 57.2 Å². The first-order chi connectivity index (χ1) is 36.6. The highest BCUT2D eigenvalue weighted by molar-refractivity contribution is 5.93. The summed E-state index contributed by atoms with van der Waals surface area (Å²) in [7, 11) is 2.59. The molecule has 4 aromatic rings. The molecular weight excluding hydrogens is 985 g/mol. The summed E-state index contributed by atoms with van der Waals surface area (Å²) >= 11 is 0. The number of likely N-dealkylation sites (tertiary alicyclic amines) is 2. The predicted octanol–water partition coefficient (Wildman–Crippen LogP) is 7.18. The van der Waals surface area contributed by atoms with E-state index in [4.69, 9.17) is 23.7 Å². The van der Waals surface area contributed by atoms with Crippen LogP contribution in [0.15, 0.2) is 97.1 Å². The van der Waals surface area contributed by atoms with E-state index in [9.17, 15) is 33.6 Å². The Morgan fingerprint density at radius 1 is 0.558 bits per heavy atom. The molecule has 0 saturated carbocycles. The number of amides is 5. The van der Waals surface area contributed by atoms with E-state index >= 15 is 0 Å². The van der Waals surface area contributed by atoms with E-state index in [0.29, 0.717) is 26.1 Å². The quantitative estimate of drug-likeness (QED) is 0.118. The second-order valence-electron chi connectivity index (χ2n) is 22.4. The molecule has 1 aliphatic carbocycles. The van der Waals surface area contributed by atoms with Gasteiger partial charge in [-0.3, -0.25) is 14.5 Å². The number of nitrogens with zero attached hydrogens (tertiary/aromatic N) is 3. The number of hydrogen-bond donors (Lipinski definition) is 3. The second kappa shape index (κ2) is 23.0. The number of piperidine rings is 2. The first-order valence-corrected chi connectivity index (χ1v) is 26.4. The summed E-state index contributed by atoms with van der Waals surface area (Å²) in [6.07, 6.45) is 0.134. The van der Waals surface area contributed by atoms with Gasteiger partial charge in [-0.1, -0.05) is 97.1 Å². The molecule has 3 N–H and O–H groups in total. The number of methoxy groups -OCH3 is 2. The average molecular weight is 1060 g/mol. The molecule has 18 nitrogen and oxygen atoms in total. The third-order valence-corrected chi connectivity index (χ3v) is 14.9. The number of rotatable bonds is 8. The van der Waals surface area contributed by atoms with E-state index < -0.39 is 70.5 Å². The maximum absolute atomic E-state index is 14.1. The number of benzene rings is 4. The lowest BCUT2D eigenvalue weighted by atomic mass is 9.86. The van der Waals surface area contributed by atoms with Crippen LogP contribution in [0.2, 0.25) is 0 Å². The highest BCUT2D eigenvalue weighted by Crippen LogP contribution is 2.45. The zero-order valence-electron chi connectivity index (χ0n) is 45.4. The molecule has 5 aliphatic rings. The Morgan fingerprint density at radius 3 is 1.47 bits per heavy atom. The molecule has 18 heteroatoms. The molecule has 2 saturated heterocycles. The third-order valence-electron chi connectivity index (χ3n) is 14.9. The number of carbonyl (C=O) groups excluding carboxylic acids is 7. The van der Waals surface area contributed by atoms with Crippen molar-refractivity contribution in [1.29, 1.82) is 0 Å². The van der Waals surface area contributed by atoms with E-state index in [2.05, 4.69) is 40.2 Å². The van der Waals surface area contributed by atoms with Crippen LogP contribution in [0.4, 0.5) is 14.4 Å². The standard InChI is InChI=1S/C37H41N3O7.C22H31N3O5/c1-36(2,3)47-34(43)39-19-17-37(18-20-39,33(42)45-4)38-32(41)31-21-24-11-5-6-12-25(24)22-40(31)35(44)46-23-30-28-15-9-7-13-26(28)27-14-8-10-16-29(27)30;1-21(2,3)30-20(28)25-11-9-22(10-12-25,19(27)29-4)24-18(26)17-13-15-7-5-6-8-16(15)14-23-17/h5-16,30-31H,17-23H2,1-4H3,(H,38,41);5-8,17,23H,9-14H2,1-4H3,(H,24,26)/t31-;17-/m00/s1. The van der Waals surface area contributed by atoms with Gasteiger partial charge in [0.15, 0.2) is 0 Å². The topological polar surface area (TPSA) is 211 Å². The van der Waals surface area contributed by atoms with Gasteiger partial charge in [-0.05, 0) is 118 Å². The summed E-state index contributed by atoms with van der Waals surface area (Å²) < 4.78 is 27.1. The smallest absolute Gasteiger partial charge is 0.410 e. The predicted molar refractivity (Wildman–Crippen MR) is 285 cm³/mol. The van der Waals surface area contributed by atoms with Gasteiger partial charge in [0.2, 0.25) is 11.8 Å². The van der Waals surface area contributed by atoms with Gasteiger partial charge < -0.3 is 49.4 Å². The van der Waals surface area contributed by atoms with Gasteiger partial charge in [0, 0.05) is 45.1 Å². The van der Waals surface area contributed by atoms with Gasteiger partial charge in [-0.25, -0.2) is 24.0 Å². The summed E-state index contributed by atoms with van der Waals surface area (Å²) in [5.74, 6) is -1.94. The Hall–Kier alpha value is -7.47. The molecule has 0 aromatic heterocycles. The Morgan fingerprint density at radius 2 is 0.987 bits per heavy atom. The van der Waals surface area contributed by atoms with Crippen LogP contribution < -0.4 is 16.0 Å². The van der Waals surface area contributed by atoms with Gasteiger partial charge in [-0.2, -0.15) is 0 Å². The van der Waals surface area contributed by atoms with E-state index in [1.165, 1.54) is 29.6 Å². The van der Waals surface area contributed by atoms with Crippen molar-refractivity contribution in [2.24, 2.45) is 0 Å². The Balaban J connectivity index is 0.000000225. The fraction of sp³-hybridized carbons (Fsp3) is 0.475. The third kappa shape index (κ3) is 12.7. The van der Waals surface area contributed by atoms with Crippen molar-refractivity contribution >= 4 is 42.0 Å². The maximum atomic E-state index is 14.1. The lowest BCUT2D eigenvalue weighted by molar-refractivity contribution is -0.154.